The Morgan fingerprint density at radius 3 is 1.23 bits per heavy atom. The molecule has 0 atom stereocenters. The molecule has 1 fully saturated rings. The molecule has 0 bridgehead atoms. The molecule has 0 aliphatic heterocycles. The van der Waals surface area contributed by atoms with Crippen molar-refractivity contribution in [3.63, 3.8) is 0 Å². The molecular weight excluding hydrogens is 331 g/mol. The maximum atomic E-state index is 2.58. The number of hydrogen-bond acceptors (Lipinski definition) is 0. The Kier molecular flexibility index (Phi) is 4.96. The first kappa shape index (κ1) is 17.5. The van der Waals surface area contributed by atoms with Gasteiger partial charge >= 0.3 is 0 Å². The molecule has 3 aromatic carbocycles. The van der Waals surface area contributed by atoms with Crippen LogP contribution in [-0.2, 0) is 0 Å². The van der Waals surface area contributed by atoms with Gasteiger partial charge in [0.15, 0.2) is 0 Å². The summed E-state index contributed by atoms with van der Waals surface area (Å²) in [7, 11) is -1.74. The van der Waals surface area contributed by atoms with E-state index in [2.05, 4.69) is 97.9 Å². The van der Waals surface area contributed by atoms with Crippen molar-refractivity contribution in [1.82, 2.24) is 0 Å². The molecule has 0 saturated heterocycles. The van der Waals surface area contributed by atoms with Gasteiger partial charge in [-0.15, -0.1) is 0 Å². The van der Waals surface area contributed by atoms with Crippen molar-refractivity contribution in [1.29, 1.82) is 0 Å². The van der Waals surface area contributed by atoms with Crippen LogP contribution in [0.4, 0.5) is 0 Å². The largest absolute Gasteiger partial charge is 0.117 e. The Bertz CT molecular complexity index is 721. The van der Waals surface area contributed by atoms with Gasteiger partial charge in [0.2, 0.25) is 0 Å². The second kappa shape index (κ2) is 7.37. The standard InChI is InChI=1S/C25H28P/c1-25(20-12-5-13-21-25)26(22-14-6-2-7-15-22,23-16-8-3-9-17-23)24-18-10-4-11-19-24/h2-4,6-11,14-19H,5,12-13,20-21H2,1H3/q+1. The Morgan fingerprint density at radius 2 is 0.885 bits per heavy atom. The van der Waals surface area contributed by atoms with Crippen LogP contribution >= 0.6 is 7.26 Å². The molecule has 0 unspecified atom stereocenters. The lowest BCUT2D eigenvalue weighted by Gasteiger charge is -2.45. The molecule has 1 saturated carbocycles. The molecule has 0 aromatic heterocycles. The Balaban J connectivity index is 2.07. The summed E-state index contributed by atoms with van der Waals surface area (Å²) in [5.41, 5.74) is 0. The molecule has 1 aliphatic carbocycles. The van der Waals surface area contributed by atoms with E-state index in [9.17, 15) is 0 Å². The topological polar surface area (TPSA) is 0 Å². The van der Waals surface area contributed by atoms with Crippen molar-refractivity contribution < 1.29 is 0 Å². The van der Waals surface area contributed by atoms with Gasteiger partial charge in [-0.2, -0.15) is 0 Å². The Morgan fingerprint density at radius 1 is 0.538 bits per heavy atom. The van der Waals surface area contributed by atoms with Crippen LogP contribution in [0.15, 0.2) is 91.0 Å². The average Bonchev–Trinajstić information content (AvgIpc) is 2.71. The summed E-state index contributed by atoms with van der Waals surface area (Å²) in [5.74, 6) is 0. The molecule has 4 rings (SSSR count). The van der Waals surface area contributed by atoms with Crippen LogP contribution < -0.4 is 15.9 Å². The van der Waals surface area contributed by atoms with Crippen LogP contribution in [0.25, 0.3) is 0 Å². The van der Waals surface area contributed by atoms with E-state index < -0.39 is 7.26 Å². The number of rotatable bonds is 4. The molecule has 0 nitrogen and oxygen atoms in total. The smallest absolute Gasteiger partial charge is 0.0620 e. The molecule has 0 radical (unpaired) electrons. The monoisotopic (exact) mass is 359 g/mol. The summed E-state index contributed by atoms with van der Waals surface area (Å²) in [6, 6.07) is 34.1. The van der Waals surface area contributed by atoms with E-state index in [0.717, 1.165) is 0 Å². The third kappa shape index (κ3) is 2.81. The maximum absolute atomic E-state index is 2.58. The highest BCUT2D eigenvalue weighted by Gasteiger charge is 2.59. The zero-order valence-electron chi connectivity index (χ0n) is 15.6. The first-order chi connectivity index (χ1) is 12.8. The summed E-state index contributed by atoms with van der Waals surface area (Å²) in [5, 5.41) is 4.90. The lowest BCUT2D eigenvalue weighted by molar-refractivity contribution is 0.415. The van der Waals surface area contributed by atoms with Crippen molar-refractivity contribution in [2.24, 2.45) is 0 Å². The predicted molar refractivity (Wildman–Crippen MR) is 117 cm³/mol. The fourth-order valence-corrected chi connectivity index (χ4v) is 10.6. The van der Waals surface area contributed by atoms with Crippen LogP contribution in [0.2, 0.25) is 0 Å². The fourth-order valence-electron chi connectivity index (χ4n) is 4.99. The number of benzene rings is 3. The summed E-state index contributed by atoms with van der Waals surface area (Å²) >= 11 is 0. The minimum absolute atomic E-state index is 0.315. The first-order valence-electron chi connectivity index (χ1n) is 9.83. The van der Waals surface area contributed by atoms with Gasteiger partial charge in [0.1, 0.15) is 23.2 Å². The van der Waals surface area contributed by atoms with E-state index >= 15 is 0 Å². The van der Waals surface area contributed by atoms with Gasteiger partial charge < -0.3 is 0 Å². The number of hydrogen-bond donors (Lipinski definition) is 0. The zero-order chi connectivity index (χ0) is 17.9. The van der Waals surface area contributed by atoms with Crippen LogP contribution in [0, 0.1) is 0 Å². The normalized spacial score (nSPS) is 17.0. The van der Waals surface area contributed by atoms with Gasteiger partial charge in [-0.1, -0.05) is 61.0 Å². The molecular formula is C25H28P+. The zero-order valence-corrected chi connectivity index (χ0v) is 16.5. The van der Waals surface area contributed by atoms with E-state index in [1.54, 1.807) is 0 Å². The van der Waals surface area contributed by atoms with Gasteiger partial charge in [-0.3, -0.25) is 0 Å². The molecule has 1 aliphatic rings. The SMILES string of the molecule is CC1([P+](c2ccccc2)(c2ccccc2)c2ccccc2)CCCCC1. The summed E-state index contributed by atoms with van der Waals surface area (Å²) in [6.07, 6.45) is 6.72. The first-order valence-corrected chi connectivity index (χ1v) is 11.6. The van der Waals surface area contributed by atoms with Gasteiger partial charge in [0, 0.05) is 0 Å². The van der Waals surface area contributed by atoms with E-state index in [0.29, 0.717) is 5.16 Å². The van der Waals surface area contributed by atoms with E-state index in [1.807, 2.05) is 0 Å². The molecule has 26 heavy (non-hydrogen) atoms. The second-order valence-corrected chi connectivity index (χ2v) is 11.7. The fraction of sp³-hybridized carbons (Fsp3) is 0.280. The quantitative estimate of drug-likeness (QED) is 0.524. The van der Waals surface area contributed by atoms with Crippen molar-refractivity contribution >= 4 is 23.2 Å². The molecule has 3 aromatic rings. The van der Waals surface area contributed by atoms with E-state index in [1.165, 1.54) is 48.0 Å². The lowest BCUT2D eigenvalue weighted by Crippen LogP contribution is -2.46. The van der Waals surface area contributed by atoms with Crippen LogP contribution in [0.5, 0.6) is 0 Å². The summed E-state index contributed by atoms with van der Waals surface area (Å²) < 4.78 is 0. The van der Waals surface area contributed by atoms with Crippen molar-refractivity contribution in [3.05, 3.63) is 91.0 Å². The Labute approximate surface area is 158 Å². The van der Waals surface area contributed by atoms with Gasteiger partial charge in [0.25, 0.3) is 0 Å². The third-order valence-electron chi connectivity index (χ3n) is 6.17. The molecule has 0 amide bonds. The highest BCUT2D eigenvalue weighted by molar-refractivity contribution is 7.96. The average molecular weight is 359 g/mol. The summed E-state index contributed by atoms with van der Waals surface area (Å²) in [6.45, 7) is 2.58. The van der Waals surface area contributed by atoms with Crippen LogP contribution in [-0.4, -0.2) is 5.16 Å². The highest BCUT2D eigenvalue weighted by atomic mass is 31.2. The maximum Gasteiger partial charge on any atom is 0.117 e. The van der Waals surface area contributed by atoms with E-state index in [4.69, 9.17) is 0 Å². The van der Waals surface area contributed by atoms with E-state index in [-0.39, 0.29) is 0 Å². The van der Waals surface area contributed by atoms with Crippen molar-refractivity contribution in [2.75, 3.05) is 0 Å². The molecule has 1 heteroatoms. The Hall–Kier alpha value is -1.91. The second-order valence-electron chi connectivity index (χ2n) is 7.74. The van der Waals surface area contributed by atoms with Crippen molar-refractivity contribution in [3.8, 4) is 0 Å². The van der Waals surface area contributed by atoms with Gasteiger partial charge in [-0.25, -0.2) is 0 Å². The summed E-state index contributed by atoms with van der Waals surface area (Å²) in [4.78, 5) is 0. The molecule has 0 heterocycles. The predicted octanol–water partition coefficient (Wildman–Crippen LogP) is 5.70. The van der Waals surface area contributed by atoms with Crippen LogP contribution in [0.3, 0.4) is 0 Å². The molecule has 0 N–H and O–H groups in total. The van der Waals surface area contributed by atoms with Gasteiger partial charge in [-0.05, 0) is 69.0 Å². The third-order valence-corrected chi connectivity index (χ3v) is 11.5. The lowest BCUT2D eigenvalue weighted by atomic mass is 9.90. The molecule has 132 valence electrons. The minimum atomic E-state index is -1.74. The van der Waals surface area contributed by atoms with Crippen molar-refractivity contribution in [2.45, 2.75) is 44.2 Å². The highest BCUT2D eigenvalue weighted by Crippen LogP contribution is 2.69. The molecule has 0 spiro atoms. The van der Waals surface area contributed by atoms with Gasteiger partial charge in [0.05, 0.1) is 5.16 Å². The minimum Gasteiger partial charge on any atom is -0.0620 e. The van der Waals surface area contributed by atoms with Crippen LogP contribution in [0.1, 0.15) is 39.0 Å².